The summed E-state index contributed by atoms with van der Waals surface area (Å²) in [4.78, 5) is 12.8. The molecule has 1 fully saturated rings. The Morgan fingerprint density at radius 1 is 1.59 bits per heavy atom. The fraction of sp³-hybridized carbons (Fsp3) is 0.417. The summed E-state index contributed by atoms with van der Waals surface area (Å²) in [6.45, 7) is 3.21. The standard InChI is InChI=1S/C12H16FN3O/c1-8-2-3-10(6-11(8)13)16-5-4-9(7-16)15-12(14)17/h2-3,6,9H,4-5,7H2,1H3,(H3,14,15,17)/t9-/m1/s1. The highest BCUT2D eigenvalue weighted by atomic mass is 19.1. The topological polar surface area (TPSA) is 58.4 Å². The number of halogens is 1. The molecule has 1 saturated heterocycles. The highest BCUT2D eigenvalue weighted by Gasteiger charge is 2.23. The van der Waals surface area contributed by atoms with Crippen LogP contribution in [0.2, 0.25) is 0 Å². The maximum absolute atomic E-state index is 13.4. The predicted octanol–water partition coefficient (Wildman–Crippen LogP) is 1.38. The van der Waals surface area contributed by atoms with Crippen molar-refractivity contribution in [2.24, 2.45) is 5.73 Å². The zero-order valence-electron chi connectivity index (χ0n) is 9.74. The van der Waals surface area contributed by atoms with Gasteiger partial charge in [0.1, 0.15) is 5.82 Å². The van der Waals surface area contributed by atoms with Crippen LogP contribution in [0.25, 0.3) is 0 Å². The van der Waals surface area contributed by atoms with E-state index in [1.165, 1.54) is 6.07 Å². The maximum atomic E-state index is 13.4. The molecule has 0 radical (unpaired) electrons. The fourth-order valence-electron chi connectivity index (χ4n) is 2.09. The number of amides is 2. The van der Waals surface area contributed by atoms with Crippen molar-refractivity contribution in [2.45, 2.75) is 19.4 Å². The molecule has 3 N–H and O–H groups in total. The number of benzene rings is 1. The van der Waals surface area contributed by atoms with Gasteiger partial charge in [0.15, 0.2) is 0 Å². The van der Waals surface area contributed by atoms with Crippen molar-refractivity contribution in [3.8, 4) is 0 Å². The van der Waals surface area contributed by atoms with Gasteiger partial charge in [-0.25, -0.2) is 9.18 Å². The zero-order valence-corrected chi connectivity index (χ0v) is 9.74. The summed E-state index contributed by atoms with van der Waals surface area (Å²) in [5.74, 6) is -0.200. The molecule has 1 atom stereocenters. The number of hydrogen-bond acceptors (Lipinski definition) is 2. The number of aryl methyl sites for hydroxylation is 1. The van der Waals surface area contributed by atoms with Gasteiger partial charge < -0.3 is 16.0 Å². The fourth-order valence-corrected chi connectivity index (χ4v) is 2.09. The van der Waals surface area contributed by atoms with Crippen LogP contribution in [0.1, 0.15) is 12.0 Å². The average molecular weight is 237 g/mol. The van der Waals surface area contributed by atoms with Gasteiger partial charge in [0, 0.05) is 24.8 Å². The SMILES string of the molecule is Cc1ccc(N2CC[C@@H](NC(N)=O)C2)cc1F. The lowest BCUT2D eigenvalue weighted by molar-refractivity contribution is 0.246. The van der Waals surface area contributed by atoms with Gasteiger partial charge in [-0.3, -0.25) is 0 Å². The second-order valence-corrected chi connectivity index (χ2v) is 4.37. The highest BCUT2D eigenvalue weighted by Crippen LogP contribution is 2.22. The van der Waals surface area contributed by atoms with Crippen LogP contribution in [0.5, 0.6) is 0 Å². The van der Waals surface area contributed by atoms with Crippen molar-refractivity contribution in [1.29, 1.82) is 0 Å². The van der Waals surface area contributed by atoms with Crippen LogP contribution in [-0.2, 0) is 0 Å². The third-order valence-electron chi connectivity index (χ3n) is 3.06. The van der Waals surface area contributed by atoms with Gasteiger partial charge >= 0.3 is 6.03 Å². The second kappa shape index (κ2) is 4.61. The van der Waals surface area contributed by atoms with Gasteiger partial charge in [-0.05, 0) is 31.0 Å². The summed E-state index contributed by atoms with van der Waals surface area (Å²) in [5, 5.41) is 2.67. The predicted molar refractivity (Wildman–Crippen MR) is 64.5 cm³/mol. The van der Waals surface area contributed by atoms with Crippen LogP contribution in [0.15, 0.2) is 18.2 Å². The lowest BCUT2D eigenvalue weighted by atomic mass is 10.2. The van der Waals surface area contributed by atoms with Crippen LogP contribution in [-0.4, -0.2) is 25.2 Å². The molecule has 1 aromatic carbocycles. The molecular weight excluding hydrogens is 221 g/mol. The van der Waals surface area contributed by atoms with Gasteiger partial charge in [-0.15, -0.1) is 0 Å². The molecule has 1 aliphatic rings. The van der Waals surface area contributed by atoms with Crippen molar-refractivity contribution in [3.05, 3.63) is 29.6 Å². The molecule has 1 aliphatic heterocycles. The Kier molecular flexibility index (Phi) is 3.17. The summed E-state index contributed by atoms with van der Waals surface area (Å²) in [6.07, 6.45) is 0.832. The molecule has 0 aliphatic carbocycles. The molecule has 0 bridgehead atoms. The molecule has 1 aromatic rings. The minimum absolute atomic E-state index is 0.0527. The first-order chi connectivity index (χ1) is 8.06. The average Bonchev–Trinajstić information content (AvgIpc) is 2.69. The molecule has 5 heteroatoms. The van der Waals surface area contributed by atoms with Crippen molar-refractivity contribution in [1.82, 2.24) is 5.32 Å². The van der Waals surface area contributed by atoms with Crippen LogP contribution in [0, 0.1) is 12.7 Å². The Hall–Kier alpha value is -1.78. The number of carbonyl (C=O) groups excluding carboxylic acids is 1. The third-order valence-corrected chi connectivity index (χ3v) is 3.06. The lowest BCUT2D eigenvalue weighted by Crippen LogP contribution is -2.40. The van der Waals surface area contributed by atoms with E-state index in [1.807, 2.05) is 11.0 Å². The second-order valence-electron chi connectivity index (χ2n) is 4.37. The van der Waals surface area contributed by atoms with Gasteiger partial charge in [0.05, 0.1) is 0 Å². The Bertz CT molecular complexity index is 436. The Morgan fingerprint density at radius 3 is 3.00 bits per heavy atom. The molecule has 2 rings (SSSR count). The Morgan fingerprint density at radius 2 is 2.35 bits per heavy atom. The van der Waals surface area contributed by atoms with Crippen LogP contribution in [0.4, 0.5) is 14.9 Å². The number of rotatable bonds is 2. The minimum atomic E-state index is -0.507. The van der Waals surface area contributed by atoms with E-state index >= 15 is 0 Å². The zero-order chi connectivity index (χ0) is 12.4. The van der Waals surface area contributed by atoms with E-state index in [4.69, 9.17) is 5.73 Å². The van der Waals surface area contributed by atoms with Crippen LogP contribution in [0.3, 0.4) is 0 Å². The number of anilines is 1. The van der Waals surface area contributed by atoms with Crippen LogP contribution >= 0.6 is 0 Å². The first-order valence-corrected chi connectivity index (χ1v) is 5.63. The van der Waals surface area contributed by atoms with Gasteiger partial charge in [0.25, 0.3) is 0 Å². The van der Waals surface area contributed by atoms with Crippen molar-refractivity contribution in [3.63, 3.8) is 0 Å². The van der Waals surface area contributed by atoms with Crippen molar-refractivity contribution in [2.75, 3.05) is 18.0 Å². The first kappa shape index (κ1) is 11.7. The summed E-state index contributed by atoms with van der Waals surface area (Å²) in [5.41, 5.74) is 6.56. The van der Waals surface area contributed by atoms with Gasteiger partial charge in [-0.1, -0.05) is 6.07 Å². The number of carbonyl (C=O) groups is 1. The number of urea groups is 1. The molecule has 0 saturated carbocycles. The first-order valence-electron chi connectivity index (χ1n) is 5.63. The van der Waals surface area contributed by atoms with E-state index in [2.05, 4.69) is 5.32 Å². The van der Waals surface area contributed by atoms with E-state index in [0.29, 0.717) is 12.1 Å². The highest BCUT2D eigenvalue weighted by molar-refractivity contribution is 5.72. The van der Waals surface area contributed by atoms with E-state index in [9.17, 15) is 9.18 Å². The van der Waals surface area contributed by atoms with E-state index in [-0.39, 0.29) is 11.9 Å². The molecule has 4 nitrogen and oxygen atoms in total. The number of hydrogen-bond donors (Lipinski definition) is 2. The minimum Gasteiger partial charge on any atom is -0.369 e. The number of primary amides is 1. The molecule has 2 amide bonds. The number of nitrogens with two attached hydrogens (primary N) is 1. The van der Waals surface area contributed by atoms with Gasteiger partial charge in [0.2, 0.25) is 0 Å². The summed E-state index contributed by atoms with van der Waals surface area (Å²) in [7, 11) is 0. The largest absolute Gasteiger partial charge is 0.369 e. The third kappa shape index (κ3) is 2.67. The Labute approximate surface area is 99.6 Å². The molecule has 17 heavy (non-hydrogen) atoms. The molecular formula is C12H16FN3O. The van der Waals surface area contributed by atoms with E-state index in [1.54, 1.807) is 13.0 Å². The number of nitrogens with one attached hydrogen (secondary N) is 1. The normalized spacial score (nSPS) is 19.4. The molecule has 92 valence electrons. The number of nitrogens with zero attached hydrogens (tertiary/aromatic N) is 1. The van der Waals surface area contributed by atoms with Crippen LogP contribution < -0.4 is 16.0 Å². The molecule has 0 aromatic heterocycles. The van der Waals surface area contributed by atoms with Crippen molar-refractivity contribution < 1.29 is 9.18 Å². The smallest absolute Gasteiger partial charge is 0.312 e. The summed E-state index contributed by atoms with van der Waals surface area (Å²) < 4.78 is 13.4. The quantitative estimate of drug-likeness (QED) is 0.816. The summed E-state index contributed by atoms with van der Waals surface area (Å²) in [6, 6.07) is 4.73. The van der Waals surface area contributed by atoms with E-state index in [0.717, 1.165) is 18.7 Å². The lowest BCUT2D eigenvalue weighted by Gasteiger charge is -2.19. The monoisotopic (exact) mass is 237 g/mol. The molecule has 1 heterocycles. The maximum Gasteiger partial charge on any atom is 0.312 e. The Balaban J connectivity index is 2.04. The van der Waals surface area contributed by atoms with E-state index < -0.39 is 6.03 Å². The van der Waals surface area contributed by atoms with Gasteiger partial charge in [-0.2, -0.15) is 0 Å². The summed E-state index contributed by atoms with van der Waals surface area (Å²) >= 11 is 0. The molecule has 0 spiro atoms. The molecule has 0 unspecified atom stereocenters. The van der Waals surface area contributed by atoms with Crippen molar-refractivity contribution >= 4 is 11.7 Å².